The zero-order valence-electron chi connectivity index (χ0n) is 15.7. The second-order valence-corrected chi connectivity index (χ2v) is 7.05. The number of cyclic esters (lactones) is 1. The number of ether oxygens (including phenoxy) is 1. The van der Waals surface area contributed by atoms with E-state index in [2.05, 4.69) is 4.98 Å². The van der Waals surface area contributed by atoms with Crippen LogP contribution in [0.3, 0.4) is 0 Å². The number of amides is 2. The monoisotopic (exact) mass is 427 g/mol. The first-order chi connectivity index (χ1) is 13.5. The quantitative estimate of drug-likeness (QED) is 0.730. The summed E-state index contributed by atoms with van der Waals surface area (Å²) in [5.41, 5.74) is 0.378. The number of anilines is 2. The minimum absolute atomic E-state index is 0.0550. The number of likely N-dealkylation sites (N-methyl/N-ethyl adjacent to an activating group) is 1. The molecule has 1 aromatic carbocycles. The number of aryl methyl sites for hydroxylation is 2. The second-order valence-electron chi connectivity index (χ2n) is 6.65. The van der Waals surface area contributed by atoms with Crippen LogP contribution in [0.1, 0.15) is 16.8 Å². The van der Waals surface area contributed by atoms with E-state index < -0.39 is 29.8 Å². The van der Waals surface area contributed by atoms with Gasteiger partial charge in [0.25, 0.3) is 5.91 Å². The lowest BCUT2D eigenvalue weighted by Gasteiger charge is -2.26. The van der Waals surface area contributed by atoms with Gasteiger partial charge in [0.05, 0.1) is 5.56 Å². The van der Waals surface area contributed by atoms with Crippen molar-refractivity contribution in [3.05, 3.63) is 52.2 Å². The van der Waals surface area contributed by atoms with Crippen molar-refractivity contribution in [1.82, 2.24) is 4.98 Å². The number of carbonyl (C=O) groups is 2. The molecule has 6 nitrogen and oxygen atoms in total. The van der Waals surface area contributed by atoms with E-state index in [0.717, 1.165) is 22.6 Å². The van der Waals surface area contributed by atoms with Gasteiger partial charge in [0.15, 0.2) is 6.04 Å². The van der Waals surface area contributed by atoms with Crippen molar-refractivity contribution in [2.75, 3.05) is 23.5 Å². The third-order valence-corrected chi connectivity index (χ3v) is 4.95. The molecular weight excluding hydrogens is 411 g/mol. The van der Waals surface area contributed by atoms with Crippen molar-refractivity contribution in [3.63, 3.8) is 0 Å². The molecule has 2 aromatic rings. The summed E-state index contributed by atoms with van der Waals surface area (Å²) in [7, 11) is 1.48. The van der Waals surface area contributed by atoms with Gasteiger partial charge >= 0.3 is 12.3 Å². The van der Waals surface area contributed by atoms with Crippen LogP contribution in [0.25, 0.3) is 0 Å². The third-order valence-electron chi connectivity index (χ3n) is 4.55. The molecular formula is C19H17ClF3N3O3. The lowest BCUT2D eigenvalue weighted by atomic mass is 10.1. The van der Waals surface area contributed by atoms with Crippen molar-refractivity contribution in [2.45, 2.75) is 26.1 Å². The molecule has 1 saturated heterocycles. The van der Waals surface area contributed by atoms with Gasteiger partial charge in [-0.2, -0.15) is 13.2 Å². The lowest BCUT2D eigenvalue weighted by molar-refractivity contribution is -0.137. The van der Waals surface area contributed by atoms with Crippen LogP contribution in [-0.4, -0.2) is 36.7 Å². The Bertz CT molecular complexity index is 981. The maximum Gasteiger partial charge on any atom is 0.416 e. The van der Waals surface area contributed by atoms with Gasteiger partial charge in [-0.25, -0.2) is 14.7 Å². The normalized spacial score (nSPS) is 16.7. The summed E-state index contributed by atoms with van der Waals surface area (Å²) in [6.07, 6.45) is -5.56. The van der Waals surface area contributed by atoms with Crippen LogP contribution in [0.4, 0.5) is 29.5 Å². The number of alkyl halides is 3. The summed E-state index contributed by atoms with van der Waals surface area (Å²) in [5, 5.41) is 0.452. The maximum atomic E-state index is 13.2. The number of rotatable bonds is 3. The number of hydrogen-bond donors (Lipinski definition) is 0. The standard InChI is InChI=1S/C19H17ClF3N3O3/c1-10-4-5-13(8-14(10)20)25(3)17(27)15-9-29-18(28)26(15)16-7-12(19(21,22)23)6-11(2)24-16/h4-8,15H,9H2,1-3H3. The van der Waals surface area contributed by atoms with Crippen LogP contribution >= 0.6 is 11.6 Å². The molecule has 1 aliphatic heterocycles. The van der Waals surface area contributed by atoms with Gasteiger partial charge < -0.3 is 9.64 Å². The number of pyridine rings is 1. The van der Waals surface area contributed by atoms with Crippen LogP contribution in [0, 0.1) is 13.8 Å². The van der Waals surface area contributed by atoms with E-state index in [1.54, 1.807) is 25.1 Å². The Hall–Kier alpha value is -2.81. The van der Waals surface area contributed by atoms with Crippen molar-refractivity contribution in [3.8, 4) is 0 Å². The number of carbonyl (C=O) groups excluding carboxylic acids is 2. The minimum Gasteiger partial charge on any atom is -0.446 e. The Kier molecular flexibility index (Phi) is 5.44. The fourth-order valence-electron chi connectivity index (χ4n) is 2.94. The van der Waals surface area contributed by atoms with E-state index in [-0.39, 0.29) is 18.1 Å². The first kappa shape index (κ1) is 20.9. The molecule has 0 saturated carbocycles. The van der Waals surface area contributed by atoms with Crippen molar-refractivity contribution >= 4 is 35.1 Å². The molecule has 1 atom stereocenters. The van der Waals surface area contributed by atoms with Crippen molar-refractivity contribution < 1.29 is 27.5 Å². The molecule has 0 aliphatic carbocycles. The number of hydrogen-bond acceptors (Lipinski definition) is 4. The van der Waals surface area contributed by atoms with Gasteiger partial charge in [0.2, 0.25) is 0 Å². The Morgan fingerprint density at radius 1 is 1.28 bits per heavy atom. The van der Waals surface area contributed by atoms with E-state index in [4.69, 9.17) is 16.3 Å². The molecule has 0 spiro atoms. The predicted octanol–water partition coefficient (Wildman–Crippen LogP) is 4.36. The molecule has 1 aromatic heterocycles. The summed E-state index contributed by atoms with van der Waals surface area (Å²) in [4.78, 5) is 31.3. The molecule has 1 fully saturated rings. The highest BCUT2D eigenvalue weighted by Gasteiger charge is 2.43. The summed E-state index contributed by atoms with van der Waals surface area (Å²) in [6.45, 7) is 2.87. The van der Waals surface area contributed by atoms with Gasteiger partial charge in [-0.05, 0) is 43.7 Å². The molecule has 2 heterocycles. The van der Waals surface area contributed by atoms with Crippen LogP contribution in [0.5, 0.6) is 0 Å². The van der Waals surface area contributed by atoms with Gasteiger partial charge in [0, 0.05) is 23.5 Å². The highest BCUT2D eigenvalue weighted by atomic mass is 35.5. The molecule has 29 heavy (non-hydrogen) atoms. The van der Waals surface area contributed by atoms with E-state index in [1.807, 2.05) is 0 Å². The van der Waals surface area contributed by atoms with E-state index in [0.29, 0.717) is 10.7 Å². The van der Waals surface area contributed by atoms with E-state index in [9.17, 15) is 22.8 Å². The second kappa shape index (κ2) is 7.55. The fourth-order valence-corrected chi connectivity index (χ4v) is 3.11. The molecule has 0 N–H and O–H groups in total. The van der Waals surface area contributed by atoms with Crippen LogP contribution in [0.2, 0.25) is 5.02 Å². The summed E-state index contributed by atoms with van der Waals surface area (Å²) < 4.78 is 44.4. The Labute approximate surface area is 169 Å². The molecule has 0 radical (unpaired) electrons. The SMILES string of the molecule is Cc1cc(C(F)(F)F)cc(N2C(=O)OCC2C(=O)N(C)c2ccc(C)c(Cl)c2)n1. The average Bonchev–Trinajstić information content (AvgIpc) is 3.03. The molecule has 154 valence electrons. The fraction of sp³-hybridized carbons (Fsp3) is 0.316. The number of benzene rings is 1. The lowest BCUT2D eigenvalue weighted by Crippen LogP contribution is -2.47. The smallest absolute Gasteiger partial charge is 0.416 e. The van der Waals surface area contributed by atoms with Crippen molar-refractivity contribution in [1.29, 1.82) is 0 Å². The van der Waals surface area contributed by atoms with Gasteiger partial charge in [-0.3, -0.25) is 4.79 Å². The van der Waals surface area contributed by atoms with E-state index in [1.165, 1.54) is 18.9 Å². The van der Waals surface area contributed by atoms with Crippen LogP contribution in [-0.2, 0) is 15.7 Å². The Morgan fingerprint density at radius 2 is 1.97 bits per heavy atom. The summed E-state index contributed by atoms with van der Waals surface area (Å²) in [6, 6.07) is 5.41. The Balaban J connectivity index is 1.95. The average molecular weight is 428 g/mol. The number of nitrogens with zero attached hydrogens (tertiary/aromatic N) is 3. The van der Waals surface area contributed by atoms with E-state index >= 15 is 0 Å². The molecule has 3 rings (SSSR count). The van der Waals surface area contributed by atoms with Gasteiger partial charge in [-0.1, -0.05) is 17.7 Å². The highest BCUT2D eigenvalue weighted by molar-refractivity contribution is 6.31. The first-order valence-electron chi connectivity index (χ1n) is 8.54. The molecule has 10 heteroatoms. The van der Waals surface area contributed by atoms with Crippen LogP contribution < -0.4 is 9.80 Å². The maximum absolute atomic E-state index is 13.2. The molecule has 1 aliphatic rings. The predicted molar refractivity (Wildman–Crippen MR) is 101 cm³/mol. The number of halogens is 4. The largest absolute Gasteiger partial charge is 0.446 e. The number of aromatic nitrogens is 1. The highest BCUT2D eigenvalue weighted by Crippen LogP contribution is 2.33. The third kappa shape index (κ3) is 4.14. The molecule has 1 unspecified atom stereocenters. The molecule has 2 amide bonds. The first-order valence-corrected chi connectivity index (χ1v) is 8.92. The molecule has 0 bridgehead atoms. The minimum atomic E-state index is -4.62. The van der Waals surface area contributed by atoms with Gasteiger partial charge in [0.1, 0.15) is 12.4 Å². The zero-order valence-corrected chi connectivity index (χ0v) is 16.5. The topological polar surface area (TPSA) is 62.7 Å². The zero-order chi connectivity index (χ0) is 21.5. The van der Waals surface area contributed by atoms with Crippen molar-refractivity contribution in [2.24, 2.45) is 0 Å². The van der Waals surface area contributed by atoms with Gasteiger partial charge in [-0.15, -0.1) is 0 Å². The Morgan fingerprint density at radius 3 is 2.59 bits per heavy atom. The summed E-state index contributed by atoms with van der Waals surface area (Å²) in [5.74, 6) is -0.846. The van der Waals surface area contributed by atoms with Crippen LogP contribution in [0.15, 0.2) is 30.3 Å². The summed E-state index contributed by atoms with van der Waals surface area (Å²) >= 11 is 6.10.